The number of fused-ring (bicyclic) bond motifs is 5. The zero-order valence-corrected chi connectivity index (χ0v) is 33.9. The molecular weight excluding hydrogens is 754 g/mol. The van der Waals surface area contributed by atoms with Crippen LogP contribution in [0.4, 0.5) is 4.79 Å². The number of ether oxygens (including phenoxy) is 5. The molecule has 1 amide bonds. The average molecular weight is 808 g/mol. The molecule has 3 aliphatic carbocycles. The van der Waals surface area contributed by atoms with Crippen LogP contribution in [-0.2, 0) is 42.9 Å². The van der Waals surface area contributed by atoms with Gasteiger partial charge in [0.25, 0.3) is 0 Å². The Morgan fingerprint density at radius 1 is 0.948 bits per heavy atom. The van der Waals surface area contributed by atoms with Gasteiger partial charge in [0.1, 0.15) is 29.5 Å². The van der Waals surface area contributed by atoms with E-state index in [0.717, 1.165) is 6.92 Å². The Bertz CT molecular complexity index is 1950. The van der Waals surface area contributed by atoms with E-state index in [9.17, 15) is 44.1 Å². The second-order valence-corrected chi connectivity index (χ2v) is 17.9. The van der Waals surface area contributed by atoms with Crippen LogP contribution in [0.25, 0.3) is 0 Å². The molecule has 15 nitrogen and oxygen atoms in total. The van der Waals surface area contributed by atoms with Crippen molar-refractivity contribution in [3.05, 3.63) is 71.8 Å². The van der Waals surface area contributed by atoms with Gasteiger partial charge in [0.2, 0.25) is 11.6 Å². The summed E-state index contributed by atoms with van der Waals surface area (Å²) in [6.07, 6.45) is -9.48. The molecule has 2 bridgehead atoms. The first-order valence-electron chi connectivity index (χ1n) is 19.5. The van der Waals surface area contributed by atoms with E-state index in [4.69, 9.17) is 23.7 Å². The van der Waals surface area contributed by atoms with Crippen LogP contribution in [-0.4, -0.2) is 105 Å². The number of hydrogen-bond donors (Lipinski definition) is 4. The number of ketones is 2. The van der Waals surface area contributed by atoms with Crippen molar-refractivity contribution >= 4 is 35.6 Å². The van der Waals surface area contributed by atoms with Crippen LogP contribution in [0.3, 0.4) is 0 Å². The van der Waals surface area contributed by atoms with Crippen molar-refractivity contribution < 1.29 is 67.8 Å². The lowest BCUT2D eigenvalue weighted by Crippen LogP contribution is -2.82. The molecule has 0 aromatic heterocycles. The summed E-state index contributed by atoms with van der Waals surface area (Å²) in [5.41, 5.74) is -8.31. The smallest absolute Gasteiger partial charge is 0.408 e. The van der Waals surface area contributed by atoms with Crippen LogP contribution in [0.1, 0.15) is 90.2 Å². The van der Waals surface area contributed by atoms with Crippen molar-refractivity contribution in [2.45, 2.75) is 122 Å². The lowest BCUT2D eigenvalue weighted by molar-refractivity contribution is -0.350. The minimum Gasteiger partial charge on any atom is -0.460 e. The molecule has 2 aromatic carbocycles. The van der Waals surface area contributed by atoms with Gasteiger partial charge in [0.05, 0.1) is 35.6 Å². The Morgan fingerprint density at radius 2 is 1.55 bits per heavy atom. The van der Waals surface area contributed by atoms with E-state index < -0.39 is 124 Å². The highest BCUT2D eigenvalue weighted by atomic mass is 16.6. The quantitative estimate of drug-likeness (QED) is 0.171. The van der Waals surface area contributed by atoms with E-state index in [1.807, 2.05) is 0 Å². The first-order chi connectivity index (χ1) is 27.0. The minimum atomic E-state index is -2.36. The van der Waals surface area contributed by atoms with Crippen LogP contribution in [0.15, 0.2) is 60.7 Å². The van der Waals surface area contributed by atoms with Gasteiger partial charge in [-0.3, -0.25) is 14.4 Å². The molecule has 0 spiro atoms. The number of hydrogen-bond acceptors (Lipinski definition) is 14. The number of esters is 3. The van der Waals surface area contributed by atoms with Crippen LogP contribution >= 0.6 is 0 Å². The average Bonchev–Trinajstić information content (AvgIpc) is 3.14. The van der Waals surface area contributed by atoms with Gasteiger partial charge in [-0.2, -0.15) is 0 Å². The molecule has 1 heterocycles. The number of aliphatic hydroxyl groups is 3. The van der Waals surface area contributed by atoms with Crippen LogP contribution in [0, 0.1) is 28.6 Å². The normalized spacial score (nSPS) is 34.9. The number of carbonyl (C=O) groups excluding carboxylic acids is 6. The van der Waals surface area contributed by atoms with E-state index in [-0.39, 0.29) is 18.6 Å². The molecule has 4 N–H and O–H groups in total. The van der Waals surface area contributed by atoms with Gasteiger partial charge in [-0.15, -0.1) is 0 Å². The molecule has 58 heavy (non-hydrogen) atoms. The summed E-state index contributed by atoms with van der Waals surface area (Å²) < 4.78 is 29.5. The second-order valence-electron chi connectivity index (χ2n) is 17.9. The van der Waals surface area contributed by atoms with Gasteiger partial charge in [0, 0.05) is 37.0 Å². The highest BCUT2D eigenvalue weighted by Crippen LogP contribution is 2.64. The zero-order valence-electron chi connectivity index (χ0n) is 33.9. The van der Waals surface area contributed by atoms with Gasteiger partial charge in [-0.1, -0.05) is 69.3 Å². The van der Waals surface area contributed by atoms with Crippen LogP contribution in [0.5, 0.6) is 0 Å². The van der Waals surface area contributed by atoms with Gasteiger partial charge < -0.3 is 44.3 Å². The number of aliphatic hydroxyl groups excluding tert-OH is 2. The molecule has 2 aromatic rings. The fourth-order valence-electron chi connectivity index (χ4n) is 9.87. The third-order valence-electron chi connectivity index (χ3n) is 12.9. The predicted molar refractivity (Wildman–Crippen MR) is 203 cm³/mol. The number of Topliss-reactive ketones (excluding diaryl/α,β-unsaturated/α-hetero) is 2. The van der Waals surface area contributed by atoms with E-state index in [0.29, 0.717) is 5.56 Å². The minimum absolute atomic E-state index is 0.0747. The standard InChI is InChI=1S/C43H53NO14/c1-22-26(55-37(51)32(48)30(24-15-11-9-12-16-24)44-38(52)58-39(3,4)5)20-43(53)35(56-36(50)25-17-13-10-14-18-25)33-41(8,34(49)31(47)29(22)40(43,6)7)27(46)19-28-42(33,21-54-28)57-23(2)45/h9-18,22,26-30,32-33,35,46,48,53H,19-21H2,1-8H3,(H,44,52)/t22?,26?,27-,28?,29?,30-,32?,33?,35?,41+,42?,43+/m0/s1. The molecule has 15 heteroatoms. The van der Waals surface area contributed by atoms with Crippen LogP contribution < -0.4 is 5.32 Å². The number of benzene rings is 2. The summed E-state index contributed by atoms with van der Waals surface area (Å²) in [6.45, 7) is 11.8. The molecule has 314 valence electrons. The molecule has 8 unspecified atom stereocenters. The third-order valence-corrected chi connectivity index (χ3v) is 12.9. The van der Waals surface area contributed by atoms with Crippen molar-refractivity contribution in [1.82, 2.24) is 5.32 Å². The number of rotatable bonds is 8. The lowest BCUT2D eigenvalue weighted by atomic mass is 9.42. The summed E-state index contributed by atoms with van der Waals surface area (Å²) in [4.78, 5) is 83.6. The molecule has 4 aliphatic rings. The second kappa shape index (κ2) is 15.2. The Morgan fingerprint density at radius 3 is 2.10 bits per heavy atom. The molecule has 12 atom stereocenters. The third kappa shape index (κ3) is 7.09. The lowest BCUT2D eigenvalue weighted by Gasteiger charge is -2.67. The molecule has 1 aliphatic heterocycles. The molecular formula is C43H53NO14. The SMILES string of the molecule is CC(=O)OC12COC1C[C@H](O)[C@@]1(C)C(=O)C(=O)C3C(C)C(OC(=O)C(O)[C@@H](NC(=O)OC(C)(C)C)c4ccccc4)C[C@@](O)(C(OC(=O)c4ccccc4)C21)C3(C)C. The molecule has 6 rings (SSSR count). The van der Waals surface area contributed by atoms with Crippen LogP contribution in [0.2, 0.25) is 0 Å². The molecule has 4 fully saturated rings. The topological polar surface area (TPSA) is 221 Å². The van der Waals surface area contributed by atoms with E-state index in [1.54, 1.807) is 90.1 Å². The van der Waals surface area contributed by atoms with Gasteiger partial charge in [0.15, 0.2) is 11.7 Å². The number of amides is 1. The van der Waals surface area contributed by atoms with Crippen molar-refractivity contribution in [3.63, 3.8) is 0 Å². The van der Waals surface area contributed by atoms with E-state index in [2.05, 4.69) is 5.32 Å². The summed E-state index contributed by atoms with van der Waals surface area (Å²) in [6, 6.07) is 14.6. The summed E-state index contributed by atoms with van der Waals surface area (Å²) in [5, 5.41) is 39.3. The van der Waals surface area contributed by atoms with Gasteiger partial charge in [-0.05, 0) is 45.4 Å². The number of alkyl carbamates (subject to hydrolysis) is 1. The highest BCUT2D eigenvalue weighted by Gasteiger charge is 2.79. The Kier molecular flexibility index (Phi) is 11.2. The number of nitrogens with one attached hydrogen (secondary N) is 1. The van der Waals surface area contributed by atoms with E-state index in [1.165, 1.54) is 19.1 Å². The fraction of sp³-hybridized carbons (Fsp3) is 0.581. The fourth-order valence-corrected chi connectivity index (χ4v) is 9.87. The maximum absolute atomic E-state index is 14.9. The highest BCUT2D eigenvalue weighted by molar-refractivity contribution is 6.40. The number of carbonyl (C=O) groups is 6. The largest absolute Gasteiger partial charge is 0.460 e. The van der Waals surface area contributed by atoms with Gasteiger partial charge >= 0.3 is 24.0 Å². The molecule has 0 radical (unpaired) electrons. The summed E-state index contributed by atoms with van der Waals surface area (Å²) >= 11 is 0. The van der Waals surface area contributed by atoms with E-state index >= 15 is 0 Å². The van der Waals surface area contributed by atoms with Crippen molar-refractivity contribution in [2.24, 2.45) is 28.6 Å². The first kappa shape index (κ1) is 42.9. The Balaban J connectivity index is 1.46. The molecule has 1 saturated heterocycles. The Labute approximate surface area is 336 Å². The summed E-state index contributed by atoms with van der Waals surface area (Å²) in [5.74, 6) is -8.93. The van der Waals surface area contributed by atoms with Crippen molar-refractivity contribution in [2.75, 3.05) is 6.61 Å². The monoisotopic (exact) mass is 807 g/mol. The van der Waals surface area contributed by atoms with Gasteiger partial charge in [-0.25, -0.2) is 14.4 Å². The predicted octanol–water partition coefficient (Wildman–Crippen LogP) is 3.40. The summed E-state index contributed by atoms with van der Waals surface area (Å²) in [7, 11) is 0. The molecule has 3 saturated carbocycles. The first-order valence-corrected chi connectivity index (χ1v) is 19.5. The maximum Gasteiger partial charge on any atom is 0.408 e. The van der Waals surface area contributed by atoms with Crippen molar-refractivity contribution in [1.29, 1.82) is 0 Å². The van der Waals surface area contributed by atoms with Crippen molar-refractivity contribution in [3.8, 4) is 0 Å². The Hall–Kier alpha value is -4.70. The zero-order chi connectivity index (χ0) is 42.7. The maximum atomic E-state index is 14.9.